The van der Waals surface area contributed by atoms with Gasteiger partial charge >= 0.3 is 0 Å². The summed E-state index contributed by atoms with van der Waals surface area (Å²) in [4.78, 5) is 8.99. The van der Waals surface area contributed by atoms with Crippen molar-refractivity contribution in [3.8, 4) is 22.9 Å². The normalized spacial score (nSPS) is 13.2. The molecule has 0 saturated carbocycles. The third-order valence-electron chi connectivity index (χ3n) is 3.17. The van der Waals surface area contributed by atoms with Crippen molar-refractivity contribution in [2.24, 2.45) is 0 Å². The minimum atomic E-state index is 0.546. The van der Waals surface area contributed by atoms with Crippen LogP contribution in [0.15, 0.2) is 18.2 Å². The molecule has 0 aliphatic carbocycles. The average Bonchev–Trinajstić information content (AvgIpc) is 2.95. The molecule has 1 aromatic carbocycles. The van der Waals surface area contributed by atoms with Gasteiger partial charge in [0.25, 0.3) is 0 Å². The Hall–Kier alpha value is -1.46. The fourth-order valence-corrected chi connectivity index (χ4v) is 3.49. The van der Waals surface area contributed by atoms with Gasteiger partial charge in [-0.15, -0.1) is 0 Å². The number of nitrogens with zero attached hydrogens (tertiary/aromatic N) is 2. The summed E-state index contributed by atoms with van der Waals surface area (Å²) >= 11 is 8.04. The van der Waals surface area contributed by atoms with Crippen LogP contribution in [0.3, 0.4) is 0 Å². The van der Waals surface area contributed by atoms with Crippen LogP contribution in [0.5, 0.6) is 11.5 Å². The zero-order valence-electron chi connectivity index (χ0n) is 11.1. The second-order valence-corrected chi connectivity index (χ2v) is 5.67. The molecule has 1 aliphatic rings. The van der Waals surface area contributed by atoms with Crippen LogP contribution in [0.25, 0.3) is 11.4 Å². The minimum absolute atomic E-state index is 0.546. The largest absolute Gasteiger partial charge is 0.493 e. The molecule has 0 N–H and O–H groups in total. The summed E-state index contributed by atoms with van der Waals surface area (Å²) in [6, 6.07) is 5.61. The van der Waals surface area contributed by atoms with Crippen LogP contribution in [0.1, 0.15) is 11.3 Å². The number of hydrogen-bond acceptors (Lipinski definition) is 5. The van der Waals surface area contributed by atoms with E-state index < -0.39 is 0 Å². The zero-order chi connectivity index (χ0) is 14.1. The number of thioether (sulfide) groups is 1. The smallest absolute Gasteiger partial charge is 0.161 e. The molecular formula is C14H13ClN2O2S. The van der Waals surface area contributed by atoms with Gasteiger partial charge in [-0.3, -0.25) is 0 Å². The molecule has 4 nitrogen and oxygen atoms in total. The Morgan fingerprint density at radius 1 is 1.10 bits per heavy atom. The van der Waals surface area contributed by atoms with Gasteiger partial charge < -0.3 is 9.47 Å². The first kappa shape index (κ1) is 13.5. The van der Waals surface area contributed by atoms with Crippen LogP contribution in [0.2, 0.25) is 5.15 Å². The average molecular weight is 309 g/mol. The van der Waals surface area contributed by atoms with E-state index in [1.165, 1.54) is 0 Å². The van der Waals surface area contributed by atoms with E-state index in [2.05, 4.69) is 9.97 Å². The van der Waals surface area contributed by atoms with Crippen LogP contribution >= 0.6 is 23.4 Å². The van der Waals surface area contributed by atoms with Crippen molar-refractivity contribution >= 4 is 23.4 Å². The molecule has 2 aromatic rings. The zero-order valence-corrected chi connectivity index (χ0v) is 12.7. The molecule has 1 aromatic heterocycles. The number of ether oxygens (including phenoxy) is 2. The molecule has 0 saturated heterocycles. The Morgan fingerprint density at radius 3 is 2.65 bits per heavy atom. The standard InChI is InChI=1S/C14H13ClN2O2S/c1-18-11-4-3-8(5-12(11)19-2)14-16-10-7-20-6-9(10)13(15)17-14/h3-5H,6-7H2,1-2H3. The number of benzene rings is 1. The lowest BCUT2D eigenvalue weighted by molar-refractivity contribution is 0.355. The van der Waals surface area contributed by atoms with E-state index in [0.29, 0.717) is 22.5 Å². The van der Waals surface area contributed by atoms with Gasteiger partial charge in [0, 0.05) is 22.6 Å². The number of aromatic nitrogens is 2. The third kappa shape index (κ3) is 2.31. The van der Waals surface area contributed by atoms with E-state index in [4.69, 9.17) is 21.1 Å². The van der Waals surface area contributed by atoms with Crippen LogP contribution in [0.4, 0.5) is 0 Å². The van der Waals surface area contributed by atoms with Crippen LogP contribution in [-0.2, 0) is 11.5 Å². The molecule has 1 aliphatic heterocycles. The summed E-state index contributed by atoms with van der Waals surface area (Å²) in [6.07, 6.45) is 0. The molecule has 3 rings (SSSR count). The highest BCUT2D eigenvalue weighted by atomic mass is 35.5. The molecule has 0 atom stereocenters. The molecule has 0 radical (unpaired) electrons. The summed E-state index contributed by atoms with van der Waals surface area (Å²) < 4.78 is 10.5. The molecule has 0 bridgehead atoms. The quantitative estimate of drug-likeness (QED) is 0.811. The highest BCUT2D eigenvalue weighted by Crippen LogP contribution is 2.36. The van der Waals surface area contributed by atoms with Crippen molar-refractivity contribution in [1.82, 2.24) is 9.97 Å². The van der Waals surface area contributed by atoms with E-state index in [1.54, 1.807) is 26.0 Å². The summed E-state index contributed by atoms with van der Waals surface area (Å²) in [5.74, 6) is 3.73. The van der Waals surface area contributed by atoms with Crippen LogP contribution < -0.4 is 9.47 Å². The van der Waals surface area contributed by atoms with Crippen molar-refractivity contribution in [2.75, 3.05) is 14.2 Å². The summed E-state index contributed by atoms with van der Waals surface area (Å²) in [5, 5.41) is 0.546. The van der Waals surface area contributed by atoms with Crippen molar-refractivity contribution in [3.63, 3.8) is 0 Å². The fraction of sp³-hybridized carbons (Fsp3) is 0.286. The molecule has 20 heavy (non-hydrogen) atoms. The van der Waals surface area contributed by atoms with Gasteiger partial charge in [0.05, 0.1) is 19.9 Å². The van der Waals surface area contributed by atoms with E-state index in [0.717, 1.165) is 28.3 Å². The summed E-state index contributed by atoms with van der Waals surface area (Å²) in [5.41, 5.74) is 2.95. The highest BCUT2D eigenvalue weighted by Gasteiger charge is 2.19. The number of methoxy groups -OCH3 is 2. The van der Waals surface area contributed by atoms with E-state index >= 15 is 0 Å². The highest BCUT2D eigenvalue weighted by molar-refractivity contribution is 7.98. The monoisotopic (exact) mass is 308 g/mol. The van der Waals surface area contributed by atoms with Crippen molar-refractivity contribution < 1.29 is 9.47 Å². The SMILES string of the molecule is COc1ccc(-c2nc(Cl)c3c(n2)CSC3)cc1OC. The van der Waals surface area contributed by atoms with Gasteiger partial charge in [0.1, 0.15) is 5.15 Å². The van der Waals surface area contributed by atoms with Crippen LogP contribution in [-0.4, -0.2) is 24.2 Å². The summed E-state index contributed by atoms with van der Waals surface area (Å²) in [7, 11) is 3.21. The Kier molecular flexibility index (Phi) is 3.72. The Labute approximate surface area is 126 Å². The van der Waals surface area contributed by atoms with E-state index in [9.17, 15) is 0 Å². The Bertz CT molecular complexity index is 664. The van der Waals surface area contributed by atoms with Crippen molar-refractivity contribution in [2.45, 2.75) is 11.5 Å². The maximum atomic E-state index is 6.24. The lowest BCUT2D eigenvalue weighted by atomic mass is 10.1. The van der Waals surface area contributed by atoms with Gasteiger partial charge in [-0.05, 0) is 18.2 Å². The van der Waals surface area contributed by atoms with Crippen molar-refractivity contribution in [3.05, 3.63) is 34.6 Å². The molecule has 0 unspecified atom stereocenters. The number of fused-ring (bicyclic) bond motifs is 1. The first-order valence-corrected chi connectivity index (χ1v) is 7.61. The molecule has 2 heterocycles. The molecule has 6 heteroatoms. The molecule has 0 amide bonds. The predicted octanol–water partition coefficient (Wildman–Crippen LogP) is 3.56. The van der Waals surface area contributed by atoms with Crippen molar-refractivity contribution in [1.29, 1.82) is 0 Å². The molecule has 0 spiro atoms. The van der Waals surface area contributed by atoms with Gasteiger partial charge in [-0.25, -0.2) is 9.97 Å². The Morgan fingerprint density at radius 2 is 1.90 bits per heavy atom. The van der Waals surface area contributed by atoms with Crippen LogP contribution in [0, 0.1) is 0 Å². The minimum Gasteiger partial charge on any atom is -0.493 e. The molecular weight excluding hydrogens is 296 g/mol. The van der Waals surface area contributed by atoms with Gasteiger partial charge in [-0.2, -0.15) is 11.8 Å². The Balaban J connectivity index is 2.07. The summed E-state index contributed by atoms with van der Waals surface area (Å²) in [6.45, 7) is 0. The first-order valence-electron chi connectivity index (χ1n) is 6.08. The molecule has 104 valence electrons. The predicted molar refractivity (Wildman–Crippen MR) is 80.6 cm³/mol. The fourth-order valence-electron chi connectivity index (χ4n) is 2.12. The third-order valence-corrected chi connectivity index (χ3v) is 4.45. The van der Waals surface area contributed by atoms with Gasteiger partial charge in [0.2, 0.25) is 0 Å². The second kappa shape index (κ2) is 5.50. The maximum Gasteiger partial charge on any atom is 0.161 e. The number of hydrogen-bond donors (Lipinski definition) is 0. The molecule has 0 fully saturated rings. The number of halogens is 1. The topological polar surface area (TPSA) is 44.2 Å². The lowest BCUT2D eigenvalue weighted by Gasteiger charge is -2.10. The van der Waals surface area contributed by atoms with Gasteiger partial charge in [0.15, 0.2) is 17.3 Å². The lowest BCUT2D eigenvalue weighted by Crippen LogP contribution is -1.98. The number of rotatable bonds is 3. The first-order chi connectivity index (χ1) is 9.72. The van der Waals surface area contributed by atoms with E-state index in [1.807, 2.05) is 18.2 Å². The van der Waals surface area contributed by atoms with Gasteiger partial charge in [-0.1, -0.05) is 11.6 Å². The second-order valence-electron chi connectivity index (χ2n) is 4.33. The maximum absolute atomic E-state index is 6.24. The van der Waals surface area contributed by atoms with E-state index in [-0.39, 0.29) is 0 Å².